The first-order valence-electron chi connectivity index (χ1n) is 4.81. The highest BCUT2D eigenvalue weighted by Gasteiger charge is 2.12. The first-order chi connectivity index (χ1) is 7.04. The van der Waals surface area contributed by atoms with Gasteiger partial charge in [0, 0.05) is 12.6 Å². The van der Waals surface area contributed by atoms with Crippen molar-refractivity contribution in [2.45, 2.75) is 19.9 Å². The number of hydrogen-bond donors (Lipinski definition) is 2. The molecule has 0 radical (unpaired) electrons. The molecule has 0 heterocycles. The van der Waals surface area contributed by atoms with Crippen molar-refractivity contribution in [1.29, 1.82) is 0 Å². The topological polar surface area (TPSA) is 55.1 Å². The Labute approximate surface area is 101 Å². The lowest BCUT2D eigenvalue weighted by atomic mass is 10.1. The van der Waals surface area contributed by atoms with Gasteiger partial charge in [0.25, 0.3) is 5.91 Å². The number of carbonyl (C=O) groups is 1. The van der Waals surface area contributed by atoms with E-state index in [-0.39, 0.29) is 24.0 Å². The van der Waals surface area contributed by atoms with Crippen molar-refractivity contribution >= 4 is 18.3 Å². The smallest absolute Gasteiger partial charge is 0.254 e. The fourth-order valence-corrected chi connectivity index (χ4v) is 1.16. The van der Waals surface area contributed by atoms with Crippen molar-refractivity contribution in [2.75, 3.05) is 6.54 Å². The van der Waals surface area contributed by atoms with Gasteiger partial charge in [-0.05, 0) is 31.5 Å². The molecule has 1 rings (SSSR count). The van der Waals surface area contributed by atoms with Crippen LogP contribution in [0.2, 0.25) is 0 Å². The average molecular weight is 247 g/mol. The van der Waals surface area contributed by atoms with Crippen molar-refractivity contribution in [3.05, 3.63) is 35.1 Å². The summed E-state index contributed by atoms with van der Waals surface area (Å²) in [7, 11) is 0. The van der Waals surface area contributed by atoms with Crippen LogP contribution in [0.3, 0.4) is 0 Å². The number of nitrogens with one attached hydrogen (secondary N) is 1. The molecule has 0 aromatic heterocycles. The Bertz CT molecular complexity index is 371. The number of aryl methyl sites for hydroxylation is 1. The number of benzene rings is 1. The van der Waals surface area contributed by atoms with Crippen LogP contribution in [0, 0.1) is 12.7 Å². The van der Waals surface area contributed by atoms with Gasteiger partial charge in [-0.25, -0.2) is 4.39 Å². The second kappa shape index (κ2) is 6.45. The van der Waals surface area contributed by atoms with Crippen LogP contribution in [0.5, 0.6) is 0 Å². The van der Waals surface area contributed by atoms with Crippen LogP contribution < -0.4 is 11.1 Å². The van der Waals surface area contributed by atoms with Crippen LogP contribution in [0.4, 0.5) is 4.39 Å². The van der Waals surface area contributed by atoms with Gasteiger partial charge in [-0.15, -0.1) is 12.4 Å². The van der Waals surface area contributed by atoms with Crippen LogP contribution in [-0.4, -0.2) is 18.5 Å². The molecule has 1 atom stereocenters. The lowest BCUT2D eigenvalue weighted by Crippen LogP contribution is -2.38. The molecular weight excluding hydrogens is 231 g/mol. The molecule has 1 aromatic carbocycles. The number of hydrogen-bond acceptors (Lipinski definition) is 2. The summed E-state index contributed by atoms with van der Waals surface area (Å²) in [5.41, 5.74) is 6.20. The number of amides is 1. The maximum absolute atomic E-state index is 13.4. The van der Waals surface area contributed by atoms with Gasteiger partial charge in [-0.3, -0.25) is 4.79 Å². The van der Waals surface area contributed by atoms with E-state index in [0.29, 0.717) is 6.54 Å². The molecule has 0 saturated carbocycles. The third-order valence-electron chi connectivity index (χ3n) is 2.10. The SMILES string of the molecule is Cc1ccc(C(=O)N[C@@H](C)CN)c(F)c1.Cl. The molecule has 1 amide bonds. The van der Waals surface area contributed by atoms with E-state index < -0.39 is 11.7 Å². The maximum atomic E-state index is 13.4. The van der Waals surface area contributed by atoms with Gasteiger partial charge in [0.05, 0.1) is 5.56 Å². The number of rotatable bonds is 3. The van der Waals surface area contributed by atoms with Crippen LogP contribution in [0.25, 0.3) is 0 Å². The molecule has 0 aliphatic carbocycles. The Morgan fingerprint density at radius 1 is 1.56 bits per heavy atom. The zero-order valence-corrected chi connectivity index (χ0v) is 10.1. The fourth-order valence-electron chi connectivity index (χ4n) is 1.16. The zero-order valence-electron chi connectivity index (χ0n) is 9.29. The number of nitrogens with two attached hydrogens (primary N) is 1. The molecule has 16 heavy (non-hydrogen) atoms. The Morgan fingerprint density at radius 3 is 2.69 bits per heavy atom. The fraction of sp³-hybridized carbons (Fsp3) is 0.364. The largest absolute Gasteiger partial charge is 0.348 e. The standard InChI is InChI=1S/C11H15FN2O.ClH/c1-7-3-4-9(10(12)5-7)11(15)14-8(2)6-13;/h3-5,8H,6,13H2,1-2H3,(H,14,15);1H/t8-;/m0./s1. The van der Waals surface area contributed by atoms with E-state index in [1.54, 1.807) is 19.9 Å². The summed E-state index contributed by atoms with van der Waals surface area (Å²) in [4.78, 5) is 11.5. The quantitative estimate of drug-likeness (QED) is 0.852. The van der Waals surface area contributed by atoms with Crippen molar-refractivity contribution in [2.24, 2.45) is 5.73 Å². The highest BCUT2D eigenvalue weighted by atomic mass is 35.5. The van der Waals surface area contributed by atoms with Gasteiger partial charge in [-0.1, -0.05) is 6.07 Å². The zero-order chi connectivity index (χ0) is 11.4. The van der Waals surface area contributed by atoms with Gasteiger partial charge >= 0.3 is 0 Å². The third-order valence-corrected chi connectivity index (χ3v) is 2.10. The summed E-state index contributed by atoms with van der Waals surface area (Å²) < 4.78 is 13.4. The van der Waals surface area contributed by atoms with Crippen LogP contribution in [-0.2, 0) is 0 Å². The molecule has 3 nitrogen and oxygen atoms in total. The molecule has 0 fully saturated rings. The molecule has 0 spiro atoms. The van der Waals surface area contributed by atoms with Gasteiger partial charge in [0.15, 0.2) is 0 Å². The molecular formula is C11H16ClFN2O. The highest BCUT2D eigenvalue weighted by molar-refractivity contribution is 5.94. The van der Waals surface area contributed by atoms with E-state index >= 15 is 0 Å². The molecule has 0 aliphatic heterocycles. The van der Waals surface area contributed by atoms with Gasteiger partial charge < -0.3 is 11.1 Å². The van der Waals surface area contributed by atoms with E-state index in [0.717, 1.165) is 5.56 Å². The second-order valence-corrected chi connectivity index (χ2v) is 3.59. The van der Waals surface area contributed by atoms with Gasteiger partial charge in [0.2, 0.25) is 0 Å². The summed E-state index contributed by atoms with van der Waals surface area (Å²) in [5.74, 6) is -0.929. The first kappa shape index (κ1) is 14.9. The molecule has 1 aromatic rings. The lowest BCUT2D eigenvalue weighted by Gasteiger charge is -2.11. The Kier molecular flexibility index (Phi) is 6.00. The maximum Gasteiger partial charge on any atom is 0.254 e. The van der Waals surface area contributed by atoms with E-state index in [9.17, 15) is 9.18 Å². The highest BCUT2D eigenvalue weighted by Crippen LogP contribution is 2.09. The van der Waals surface area contributed by atoms with Crippen LogP contribution >= 0.6 is 12.4 Å². The predicted molar refractivity (Wildman–Crippen MR) is 64.4 cm³/mol. The van der Waals surface area contributed by atoms with E-state index in [1.165, 1.54) is 12.1 Å². The molecule has 90 valence electrons. The molecule has 0 unspecified atom stereocenters. The average Bonchev–Trinajstić information content (AvgIpc) is 2.17. The molecule has 0 aliphatic rings. The van der Waals surface area contributed by atoms with Crippen molar-refractivity contribution in [3.63, 3.8) is 0 Å². The minimum absolute atomic E-state index is 0. The van der Waals surface area contributed by atoms with Crippen molar-refractivity contribution in [3.8, 4) is 0 Å². The summed E-state index contributed by atoms with van der Waals surface area (Å²) in [6, 6.07) is 4.36. The Hall–Kier alpha value is -1.13. The number of halogens is 2. The van der Waals surface area contributed by atoms with Crippen LogP contribution in [0.1, 0.15) is 22.8 Å². The third kappa shape index (κ3) is 3.79. The molecule has 0 saturated heterocycles. The summed E-state index contributed by atoms with van der Waals surface area (Å²) in [6.45, 7) is 3.87. The minimum Gasteiger partial charge on any atom is -0.348 e. The van der Waals surface area contributed by atoms with Gasteiger partial charge in [0.1, 0.15) is 5.82 Å². The van der Waals surface area contributed by atoms with E-state index in [4.69, 9.17) is 5.73 Å². The molecule has 3 N–H and O–H groups in total. The van der Waals surface area contributed by atoms with Crippen molar-refractivity contribution in [1.82, 2.24) is 5.32 Å². The van der Waals surface area contributed by atoms with Crippen molar-refractivity contribution < 1.29 is 9.18 Å². The van der Waals surface area contributed by atoms with E-state index in [2.05, 4.69) is 5.32 Å². The lowest BCUT2D eigenvalue weighted by molar-refractivity contribution is 0.0937. The van der Waals surface area contributed by atoms with E-state index in [1.807, 2.05) is 0 Å². The normalized spacial score (nSPS) is 11.5. The minimum atomic E-state index is -0.503. The first-order valence-corrected chi connectivity index (χ1v) is 4.81. The molecule has 0 bridgehead atoms. The Morgan fingerprint density at radius 2 is 2.19 bits per heavy atom. The second-order valence-electron chi connectivity index (χ2n) is 3.59. The predicted octanol–water partition coefficient (Wildman–Crippen LogP) is 1.63. The monoisotopic (exact) mass is 246 g/mol. The summed E-state index contributed by atoms with van der Waals surface area (Å²) >= 11 is 0. The summed E-state index contributed by atoms with van der Waals surface area (Å²) in [6.07, 6.45) is 0. The molecule has 5 heteroatoms. The van der Waals surface area contributed by atoms with Gasteiger partial charge in [-0.2, -0.15) is 0 Å². The Balaban J connectivity index is 0.00000225. The number of carbonyl (C=O) groups excluding carboxylic acids is 1. The summed E-state index contributed by atoms with van der Waals surface area (Å²) in [5, 5.41) is 2.60. The van der Waals surface area contributed by atoms with Crippen LogP contribution in [0.15, 0.2) is 18.2 Å².